The van der Waals surface area contributed by atoms with Crippen LogP contribution < -0.4 is 5.73 Å². The van der Waals surface area contributed by atoms with E-state index in [1.54, 1.807) is 17.8 Å². The number of benzene rings is 2. The van der Waals surface area contributed by atoms with Gasteiger partial charge >= 0.3 is 0 Å². The molecule has 0 aliphatic heterocycles. The van der Waals surface area contributed by atoms with Crippen LogP contribution in [-0.2, 0) is 5.75 Å². The Morgan fingerprint density at radius 2 is 1.83 bits per heavy atom. The van der Waals surface area contributed by atoms with Gasteiger partial charge in [-0.3, -0.25) is 0 Å². The van der Waals surface area contributed by atoms with Crippen LogP contribution in [0.5, 0.6) is 0 Å². The summed E-state index contributed by atoms with van der Waals surface area (Å²) in [6, 6.07) is 11.7. The molecule has 0 aliphatic carbocycles. The van der Waals surface area contributed by atoms with E-state index in [9.17, 15) is 0 Å². The first-order valence-corrected chi connectivity index (χ1v) is 7.24. The fourth-order valence-electron chi connectivity index (χ4n) is 1.60. The fourth-order valence-corrected chi connectivity index (χ4v) is 3.10. The zero-order valence-electron chi connectivity index (χ0n) is 9.91. The Labute approximate surface area is 121 Å². The van der Waals surface area contributed by atoms with Crippen molar-refractivity contribution in [2.75, 3.05) is 5.73 Å². The second-order valence-electron chi connectivity index (χ2n) is 3.99. The molecule has 2 rings (SSSR count). The third-order valence-electron chi connectivity index (χ3n) is 2.70. The highest BCUT2D eigenvalue weighted by molar-refractivity contribution is 7.98. The van der Waals surface area contributed by atoms with Gasteiger partial charge in [-0.2, -0.15) is 0 Å². The Bertz CT molecular complexity index is 518. The van der Waals surface area contributed by atoms with Crippen LogP contribution in [0.2, 0.25) is 10.0 Å². The molecule has 4 heteroatoms. The number of halogens is 2. The predicted octanol–water partition coefficient (Wildman–Crippen LogP) is 5.18. The topological polar surface area (TPSA) is 26.0 Å². The Morgan fingerprint density at radius 3 is 2.61 bits per heavy atom. The maximum atomic E-state index is 6.15. The highest BCUT2D eigenvalue weighted by atomic mass is 35.5. The first-order chi connectivity index (χ1) is 8.59. The van der Waals surface area contributed by atoms with Gasteiger partial charge in [0.2, 0.25) is 0 Å². The SMILES string of the molecule is Cc1cccc(SCc2cccc(Cl)c2Cl)c1N. The predicted molar refractivity (Wildman–Crippen MR) is 81.6 cm³/mol. The second-order valence-corrected chi connectivity index (χ2v) is 5.79. The number of hydrogen-bond donors (Lipinski definition) is 1. The lowest BCUT2D eigenvalue weighted by molar-refractivity contribution is 1.34. The van der Waals surface area contributed by atoms with Crippen LogP contribution >= 0.6 is 35.0 Å². The number of thioether (sulfide) groups is 1. The van der Waals surface area contributed by atoms with Gasteiger partial charge in [0, 0.05) is 16.3 Å². The molecule has 2 aromatic carbocycles. The van der Waals surface area contributed by atoms with E-state index in [1.165, 1.54) is 0 Å². The minimum absolute atomic E-state index is 0.590. The van der Waals surface area contributed by atoms with Gasteiger partial charge in [-0.1, -0.05) is 47.5 Å². The second kappa shape index (κ2) is 5.87. The summed E-state index contributed by atoms with van der Waals surface area (Å²) in [5, 5.41) is 1.21. The van der Waals surface area contributed by atoms with Crippen LogP contribution in [0.15, 0.2) is 41.3 Å². The summed E-state index contributed by atoms with van der Waals surface area (Å²) in [4.78, 5) is 1.08. The zero-order chi connectivity index (χ0) is 13.1. The molecule has 18 heavy (non-hydrogen) atoms. The molecule has 0 saturated carbocycles. The normalized spacial score (nSPS) is 10.6. The summed E-state index contributed by atoms with van der Waals surface area (Å²) >= 11 is 13.8. The highest BCUT2D eigenvalue weighted by Gasteiger charge is 2.07. The molecule has 2 aromatic rings. The Balaban J connectivity index is 2.17. The summed E-state index contributed by atoms with van der Waals surface area (Å²) in [6.45, 7) is 2.01. The smallest absolute Gasteiger partial charge is 0.0632 e. The molecule has 1 nitrogen and oxygen atoms in total. The first kappa shape index (κ1) is 13.6. The van der Waals surface area contributed by atoms with E-state index in [0.717, 1.165) is 27.5 Å². The Hall–Kier alpha value is -0.830. The molecular formula is C14H13Cl2NS. The molecule has 94 valence electrons. The summed E-state index contributed by atoms with van der Waals surface area (Å²) in [5.41, 5.74) is 8.99. The monoisotopic (exact) mass is 297 g/mol. The maximum Gasteiger partial charge on any atom is 0.0632 e. The minimum Gasteiger partial charge on any atom is -0.398 e. The fraction of sp³-hybridized carbons (Fsp3) is 0.143. The van der Waals surface area contributed by atoms with Crippen LogP contribution in [0.3, 0.4) is 0 Å². The van der Waals surface area contributed by atoms with Crippen LogP contribution in [0.1, 0.15) is 11.1 Å². The van der Waals surface area contributed by atoms with E-state index in [0.29, 0.717) is 10.0 Å². The number of para-hydroxylation sites is 1. The Morgan fingerprint density at radius 1 is 1.11 bits per heavy atom. The summed E-state index contributed by atoms with van der Waals surface area (Å²) < 4.78 is 0. The van der Waals surface area contributed by atoms with Crippen LogP contribution in [-0.4, -0.2) is 0 Å². The van der Waals surface area contributed by atoms with Gasteiger partial charge in [0.25, 0.3) is 0 Å². The van der Waals surface area contributed by atoms with Gasteiger partial charge < -0.3 is 5.73 Å². The van der Waals surface area contributed by atoms with Gasteiger partial charge in [0.1, 0.15) is 0 Å². The number of aryl methyl sites for hydroxylation is 1. The van der Waals surface area contributed by atoms with Gasteiger partial charge in [-0.15, -0.1) is 11.8 Å². The number of nitrogen functional groups attached to an aromatic ring is 1. The van der Waals surface area contributed by atoms with Crippen molar-refractivity contribution in [3.8, 4) is 0 Å². The van der Waals surface area contributed by atoms with Crippen molar-refractivity contribution in [2.45, 2.75) is 17.6 Å². The third-order valence-corrected chi connectivity index (χ3v) is 4.68. The Kier molecular flexibility index (Phi) is 4.44. The van der Waals surface area contributed by atoms with Crippen LogP contribution in [0, 0.1) is 6.92 Å². The molecule has 0 radical (unpaired) electrons. The molecule has 0 saturated heterocycles. The zero-order valence-corrected chi connectivity index (χ0v) is 12.2. The average Bonchev–Trinajstić information content (AvgIpc) is 2.36. The average molecular weight is 298 g/mol. The van der Waals surface area contributed by atoms with Gasteiger partial charge in [0.05, 0.1) is 10.0 Å². The highest BCUT2D eigenvalue weighted by Crippen LogP contribution is 2.34. The molecule has 2 N–H and O–H groups in total. The molecule has 0 bridgehead atoms. The van der Waals surface area contributed by atoms with E-state index < -0.39 is 0 Å². The summed E-state index contributed by atoms with van der Waals surface area (Å²) in [7, 11) is 0. The molecule has 0 aliphatic rings. The number of hydrogen-bond acceptors (Lipinski definition) is 2. The van der Waals surface area contributed by atoms with Crippen molar-refractivity contribution in [1.82, 2.24) is 0 Å². The molecule has 0 unspecified atom stereocenters. The molecule has 0 atom stereocenters. The van der Waals surface area contributed by atoms with E-state index >= 15 is 0 Å². The van der Waals surface area contributed by atoms with Crippen molar-refractivity contribution < 1.29 is 0 Å². The van der Waals surface area contributed by atoms with Gasteiger partial charge in [-0.05, 0) is 30.2 Å². The largest absolute Gasteiger partial charge is 0.398 e. The number of anilines is 1. The van der Waals surface area contributed by atoms with Gasteiger partial charge in [0.15, 0.2) is 0 Å². The molecule has 0 amide bonds. The summed E-state index contributed by atoms with van der Waals surface area (Å²) in [6.07, 6.45) is 0. The molecule has 0 spiro atoms. The maximum absolute atomic E-state index is 6.15. The van der Waals surface area contributed by atoms with Crippen molar-refractivity contribution in [3.63, 3.8) is 0 Å². The standard InChI is InChI=1S/C14H13Cl2NS/c1-9-4-2-7-12(14(9)17)18-8-10-5-3-6-11(15)13(10)16/h2-7H,8,17H2,1H3. The lowest BCUT2D eigenvalue weighted by atomic mass is 10.2. The first-order valence-electron chi connectivity index (χ1n) is 5.50. The lowest BCUT2D eigenvalue weighted by Crippen LogP contribution is -1.92. The quantitative estimate of drug-likeness (QED) is 0.624. The van der Waals surface area contributed by atoms with Gasteiger partial charge in [-0.25, -0.2) is 0 Å². The van der Waals surface area contributed by atoms with E-state index in [4.69, 9.17) is 28.9 Å². The molecular weight excluding hydrogens is 285 g/mol. The molecule has 0 aromatic heterocycles. The van der Waals surface area contributed by atoms with E-state index in [-0.39, 0.29) is 0 Å². The lowest BCUT2D eigenvalue weighted by Gasteiger charge is -2.09. The van der Waals surface area contributed by atoms with Crippen molar-refractivity contribution in [1.29, 1.82) is 0 Å². The van der Waals surface area contributed by atoms with Crippen molar-refractivity contribution in [2.24, 2.45) is 0 Å². The summed E-state index contributed by atoms with van der Waals surface area (Å²) in [5.74, 6) is 0.757. The van der Waals surface area contributed by atoms with Crippen LogP contribution in [0.25, 0.3) is 0 Å². The third kappa shape index (κ3) is 2.94. The van der Waals surface area contributed by atoms with E-state index in [2.05, 4.69) is 0 Å². The van der Waals surface area contributed by atoms with Crippen molar-refractivity contribution in [3.05, 3.63) is 57.6 Å². The molecule has 0 heterocycles. The van der Waals surface area contributed by atoms with Crippen LogP contribution in [0.4, 0.5) is 5.69 Å². The molecule has 0 fully saturated rings. The minimum atomic E-state index is 0.590. The number of rotatable bonds is 3. The van der Waals surface area contributed by atoms with E-state index in [1.807, 2.05) is 37.3 Å². The number of nitrogens with two attached hydrogens (primary N) is 1. The van der Waals surface area contributed by atoms with Crippen molar-refractivity contribution >= 4 is 40.7 Å².